The Morgan fingerprint density at radius 2 is 2.11 bits per heavy atom. The van der Waals surface area contributed by atoms with Gasteiger partial charge in [0.1, 0.15) is 17.4 Å². The highest BCUT2D eigenvalue weighted by Crippen LogP contribution is 2.32. The van der Waals surface area contributed by atoms with Crippen LogP contribution < -0.4 is 5.73 Å². The van der Waals surface area contributed by atoms with E-state index in [4.69, 9.17) is 15.4 Å². The fraction of sp³-hybridized carbons (Fsp3) is 0.450. The number of furan rings is 1. The summed E-state index contributed by atoms with van der Waals surface area (Å²) in [6, 6.07) is 9.16. The van der Waals surface area contributed by atoms with Crippen LogP contribution in [0.5, 0.6) is 0 Å². The molecule has 1 aromatic carbocycles. The Hall–Kier alpha value is -2.85. The molecule has 27 heavy (non-hydrogen) atoms. The summed E-state index contributed by atoms with van der Waals surface area (Å²) in [5.41, 5.74) is 6.41. The van der Waals surface area contributed by atoms with Crippen LogP contribution >= 0.6 is 0 Å². The van der Waals surface area contributed by atoms with Gasteiger partial charge in [-0.2, -0.15) is 5.26 Å². The van der Waals surface area contributed by atoms with Crippen LogP contribution in [0.3, 0.4) is 0 Å². The third kappa shape index (κ3) is 3.40. The summed E-state index contributed by atoms with van der Waals surface area (Å²) in [7, 11) is 0. The molecule has 0 bridgehead atoms. The molecule has 3 heterocycles. The van der Waals surface area contributed by atoms with Crippen LogP contribution in [0.25, 0.3) is 11.0 Å². The molecule has 2 unspecified atom stereocenters. The average molecular weight is 366 g/mol. The minimum absolute atomic E-state index is 0.0374. The molecular formula is C20H22N4O3. The van der Waals surface area contributed by atoms with Crippen molar-refractivity contribution in [2.45, 2.75) is 31.2 Å². The largest absolute Gasteiger partial charge is 0.461 e. The number of primary amides is 1. The van der Waals surface area contributed by atoms with Crippen molar-refractivity contribution in [3.63, 3.8) is 0 Å². The molecule has 2 aliphatic rings. The molecule has 0 radical (unpaired) electrons. The number of fused-ring (bicyclic) bond motifs is 1. The van der Waals surface area contributed by atoms with Crippen LogP contribution in [-0.4, -0.2) is 53.8 Å². The van der Waals surface area contributed by atoms with Gasteiger partial charge in [0.25, 0.3) is 0 Å². The van der Waals surface area contributed by atoms with Gasteiger partial charge >= 0.3 is 0 Å². The first kappa shape index (κ1) is 17.6. The molecule has 2 aliphatic heterocycles. The van der Waals surface area contributed by atoms with E-state index in [0.29, 0.717) is 24.2 Å². The number of hydrogen-bond donors (Lipinski definition) is 1. The summed E-state index contributed by atoms with van der Waals surface area (Å²) < 4.78 is 5.96. The number of likely N-dealkylation sites (tertiary alicyclic amines) is 2. The lowest BCUT2D eigenvalue weighted by Crippen LogP contribution is -2.41. The van der Waals surface area contributed by atoms with Gasteiger partial charge in [0.05, 0.1) is 12.6 Å². The minimum Gasteiger partial charge on any atom is -0.461 e. The third-order valence-electron chi connectivity index (χ3n) is 5.58. The maximum Gasteiger partial charge on any atom is 0.248 e. The standard InChI is InChI=1S/C20H22N4O3/c21-10-16-2-1-6-24(16)19(25)12-23-7-5-15(11-23)18-8-13-3-4-14(20(22)26)9-17(13)27-18/h3-4,8-9,15-16H,1-2,5-7,11-12H2,(H2,22,26). The molecular weight excluding hydrogens is 344 g/mol. The van der Waals surface area contributed by atoms with Crippen molar-refractivity contribution >= 4 is 22.8 Å². The lowest BCUT2D eigenvalue weighted by molar-refractivity contribution is -0.132. The van der Waals surface area contributed by atoms with Crippen LogP contribution in [0.4, 0.5) is 0 Å². The monoisotopic (exact) mass is 366 g/mol. The Labute approximate surface area is 157 Å². The van der Waals surface area contributed by atoms with Gasteiger partial charge in [-0.15, -0.1) is 0 Å². The Bertz CT molecular complexity index is 929. The van der Waals surface area contributed by atoms with Gasteiger partial charge in [0.2, 0.25) is 11.8 Å². The molecule has 1 aromatic heterocycles. The molecule has 0 saturated carbocycles. The van der Waals surface area contributed by atoms with Crippen LogP contribution in [-0.2, 0) is 4.79 Å². The Morgan fingerprint density at radius 1 is 1.26 bits per heavy atom. The topological polar surface area (TPSA) is 104 Å². The fourth-order valence-corrected chi connectivity index (χ4v) is 4.10. The van der Waals surface area contributed by atoms with E-state index in [1.807, 2.05) is 12.1 Å². The molecule has 7 heteroatoms. The van der Waals surface area contributed by atoms with Crippen LogP contribution in [0.15, 0.2) is 28.7 Å². The molecule has 0 aliphatic carbocycles. The number of nitriles is 1. The number of amides is 2. The summed E-state index contributed by atoms with van der Waals surface area (Å²) in [6.45, 7) is 2.60. The van der Waals surface area contributed by atoms with Crippen LogP contribution in [0.2, 0.25) is 0 Å². The van der Waals surface area contributed by atoms with E-state index in [0.717, 1.165) is 43.5 Å². The number of nitrogens with zero attached hydrogens (tertiary/aromatic N) is 3. The lowest BCUT2D eigenvalue weighted by atomic mass is 10.1. The summed E-state index contributed by atoms with van der Waals surface area (Å²) in [4.78, 5) is 27.7. The average Bonchev–Trinajstić information content (AvgIpc) is 3.38. The second-order valence-electron chi connectivity index (χ2n) is 7.36. The van der Waals surface area contributed by atoms with Gasteiger partial charge in [-0.3, -0.25) is 14.5 Å². The van der Waals surface area contributed by atoms with Gasteiger partial charge in [0.15, 0.2) is 0 Å². The highest BCUT2D eigenvalue weighted by atomic mass is 16.3. The van der Waals surface area contributed by atoms with Crippen molar-refractivity contribution in [1.82, 2.24) is 9.80 Å². The van der Waals surface area contributed by atoms with Gasteiger partial charge in [-0.05, 0) is 44.0 Å². The van der Waals surface area contributed by atoms with Crippen LogP contribution in [0.1, 0.15) is 41.3 Å². The SMILES string of the molecule is N#CC1CCCN1C(=O)CN1CCC(c2cc3ccc(C(N)=O)cc3o2)C1. The summed E-state index contributed by atoms with van der Waals surface area (Å²) in [6.07, 6.45) is 2.59. The van der Waals surface area contributed by atoms with Gasteiger partial charge in [-0.1, -0.05) is 6.07 Å². The minimum atomic E-state index is -0.474. The molecule has 140 valence electrons. The predicted molar refractivity (Wildman–Crippen MR) is 98.9 cm³/mol. The van der Waals surface area contributed by atoms with E-state index < -0.39 is 5.91 Å². The van der Waals surface area contributed by atoms with Crippen molar-refractivity contribution in [2.75, 3.05) is 26.2 Å². The molecule has 7 nitrogen and oxygen atoms in total. The van der Waals surface area contributed by atoms with E-state index >= 15 is 0 Å². The van der Waals surface area contributed by atoms with Crippen LogP contribution in [0, 0.1) is 11.3 Å². The molecule has 2 atom stereocenters. The molecule has 2 amide bonds. The zero-order chi connectivity index (χ0) is 19.0. The van der Waals surface area contributed by atoms with Gasteiger partial charge in [-0.25, -0.2) is 0 Å². The number of carbonyl (C=O) groups excluding carboxylic acids is 2. The highest BCUT2D eigenvalue weighted by Gasteiger charge is 2.32. The quantitative estimate of drug-likeness (QED) is 0.889. The maximum absolute atomic E-state index is 12.5. The van der Waals surface area contributed by atoms with Gasteiger partial charge < -0.3 is 15.1 Å². The maximum atomic E-state index is 12.5. The van der Waals surface area contributed by atoms with Crippen molar-refractivity contribution in [3.8, 4) is 6.07 Å². The lowest BCUT2D eigenvalue weighted by Gasteiger charge is -2.23. The summed E-state index contributed by atoms with van der Waals surface area (Å²) in [5, 5.41) is 10.1. The first-order chi connectivity index (χ1) is 13.0. The van der Waals surface area contributed by atoms with E-state index in [1.54, 1.807) is 17.0 Å². The molecule has 2 saturated heterocycles. The zero-order valence-electron chi connectivity index (χ0n) is 15.1. The number of rotatable bonds is 4. The normalized spacial score (nSPS) is 23.0. The van der Waals surface area contributed by atoms with Crippen molar-refractivity contribution in [1.29, 1.82) is 5.26 Å². The predicted octanol–water partition coefficient (Wildman–Crippen LogP) is 1.84. The van der Waals surface area contributed by atoms with Gasteiger partial charge in [0, 0.05) is 30.0 Å². The molecule has 2 aromatic rings. The van der Waals surface area contributed by atoms with E-state index in [9.17, 15) is 9.59 Å². The Morgan fingerprint density at radius 3 is 2.89 bits per heavy atom. The molecule has 2 N–H and O–H groups in total. The Kier molecular flexibility index (Phi) is 4.58. The van der Waals surface area contributed by atoms with Crippen molar-refractivity contribution < 1.29 is 14.0 Å². The van der Waals surface area contributed by atoms with E-state index in [2.05, 4.69) is 11.0 Å². The third-order valence-corrected chi connectivity index (χ3v) is 5.58. The first-order valence-electron chi connectivity index (χ1n) is 9.30. The first-order valence-corrected chi connectivity index (χ1v) is 9.30. The summed E-state index contributed by atoms with van der Waals surface area (Å²) in [5.74, 6) is 0.651. The van der Waals surface area contributed by atoms with E-state index in [-0.39, 0.29) is 17.9 Å². The number of hydrogen-bond acceptors (Lipinski definition) is 5. The zero-order valence-corrected chi connectivity index (χ0v) is 15.1. The Balaban J connectivity index is 1.42. The molecule has 4 rings (SSSR count). The van der Waals surface area contributed by atoms with Crippen molar-refractivity contribution in [2.24, 2.45) is 5.73 Å². The molecule has 0 spiro atoms. The second kappa shape index (κ2) is 7.05. The number of carbonyl (C=O) groups is 2. The summed E-state index contributed by atoms with van der Waals surface area (Å²) >= 11 is 0. The van der Waals surface area contributed by atoms with Crippen molar-refractivity contribution in [3.05, 3.63) is 35.6 Å². The van der Waals surface area contributed by atoms with E-state index in [1.165, 1.54) is 0 Å². The molecule has 2 fully saturated rings. The smallest absolute Gasteiger partial charge is 0.248 e. The fourth-order valence-electron chi connectivity index (χ4n) is 4.10. The number of benzene rings is 1. The second-order valence-corrected chi connectivity index (χ2v) is 7.36. The number of nitrogens with two attached hydrogens (primary N) is 1. The highest BCUT2D eigenvalue weighted by molar-refractivity contribution is 5.96.